The number of H-pyrrole nitrogens is 1. The Hall–Kier alpha value is -3.08. The van der Waals surface area contributed by atoms with Crippen LogP contribution in [0.3, 0.4) is 0 Å². The summed E-state index contributed by atoms with van der Waals surface area (Å²) in [5.74, 6) is -0.303. The van der Waals surface area contributed by atoms with Gasteiger partial charge in [-0.15, -0.1) is 0 Å². The number of aromatic amines is 1. The first kappa shape index (κ1) is 20.2. The zero-order valence-corrected chi connectivity index (χ0v) is 16.8. The molecule has 0 bridgehead atoms. The van der Waals surface area contributed by atoms with Crippen molar-refractivity contribution in [3.63, 3.8) is 0 Å². The van der Waals surface area contributed by atoms with Crippen molar-refractivity contribution in [1.82, 2.24) is 9.29 Å². The summed E-state index contributed by atoms with van der Waals surface area (Å²) < 4.78 is 39.5. The third-order valence-corrected chi connectivity index (χ3v) is 6.81. The van der Waals surface area contributed by atoms with E-state index in [2.05, 4.69) is 4.98 Å². The van der Waals surface area contributed by atoms with Crippen molar-refractivity contribution >= 4 is 26.8 Å². The predicted molar refractivity (Wildman–Crippen MR) is 109 cm³/mol. The minimum absolute atomic E-state index is 0.0618. The second-order valence-corrected chi connectivity index (χ2v) is 8.78. The van der Waals surface area contributed by atoms with Gasteiger partial charge in [0.15, 0.2) is 0 Å². The molecule has 9 nitrogen and oxygen atoms in total. The van der Waals surface area contributed by atoms with Crippen molar-refractivity contribution in [3.05, 3.63) is 54.2 Å². The molecule has 0 aliphatic carbocycles. The first-order valence-electron chi connectivity index (χ1n) is 9.30. The van der Waals surface area contributed by atoms with Crippen LogP contribution in [-0.2, 0) is 14.8 Å². The average Bonchev–Trinajstić information content (AvgIpc) is 3.13. The lowest BCUT2D eigenvalue weighted by Crippen LogP contribution is -2.47. The fourth-order valence-corrected chi connectivity index (χ4v) is 5.25. The van der Waals surface area contributed by atoms with Gasteiger partial charge in [-0.1, -0.05) is 18.2 Å². The van der Waals surface area contributed by atoms with Crippen molar-refractivity contribution in [2.24, 2.45) is 5.73 Å². The summed E-state index contributed by atoms with van der Waals surface area (Å²) in [6, 6.07) is 13.3. The van der Waals surface area contributed by atoms with Crippen LogP contribution in [0.5, 0.6) is 11.5 Å². The number of carbonyl (C=O) groups is 1. The summed E-state index contributed by atoms with van der Waals surface area (Å²) >= 11 is 0. The fourth-order valence-electron chi connectivity index (χ4n) is 3.45. The molecule has 1 fully saturated rings. The number of phenols is 1. The number of aromatic hydroxyl groups is 1. The molecule has 30 heavy (non-hydrogen) atoms. The quantitative estimate of drug-likeness (QED) is 0.541. The summed E-state index contributed by atoms with van der Waals surface area (Å²) in [5.41, 5.74) is 5.50. The number of primary amides is 1. The van der Waals surface area contributed by atoms with Crippen LogP contribution in [0.2, 0.25) is 0 Å². The van der Waals surface area contributed by atoms with E-state index in [-0.39, 0.29) is 48.0 Å². The van der Waals surface area contributed by atoms with E-state index >= 15 is 0 Å². The van der Waals surface area contributed by atoms with E-state index in [1.54, 1.807) is 12.1 Å². The maximum atomic E-state index is 13.4. The summed E-state index contributed by atoms with van der Waals surface area (Å²) in [4.78, 5) is 14.4. The number of morpholine rings is 1. The minimum atomic E-state index is -4.07. The molecule has 158 valence electrons. The monoisotopic (exact) mass is 431 g/mol. The number of phenolic OH excluding ortho intramolecular Hbond substituents is 1. The SMILES string of the molecule is NC(=O)c1[nH]c2cc(O)ccc2c1S(=O)(=O)N1CCOC(COc2ccccc2)C1. The number of carbonyl (C=O) groups excluding carboxylic acids is 1. The molecule has 2 heterocycles. The van der Waals surface area contributed by atoms with E-state index in [1.165, 1.54) is 22.5 Å². The van der Waals surface area contributed by atoms with Gasteiger partial charge in [-0.25, -0.2) is 8.42 Å². The second-order valence-electron chi connectivity index (χ2n) is 6.90. The van der Waals surface area contributed by atoms with Gasteiger partial charge in [0.25, 0.3) is 5.91 Å². The van der Waals surface area contributed by atoms with Crippen molar-refractivity contribution in [1.29, 1.82) is 0 Å². The summed E-state index contributed by atoms with van der Waals surface area (Å²) in [7, 11) is -4.07. The highest BCUT2D eigenvalue weighted by Crippen LogP contribution is 2.32. The molecule has 1 saturated heterocycles. The van der Waals surface area contributed by atoms with Crippen LogP contribution in [0.4, 0.5) is 0 Å². The molecule has 10 heteroatoms. The van der Waals surface area contributed by atoms with Gasteiger partial charge < -0.3 is 25.3 Å². The molecule has 1 aromatic heterocycles. The molecule has 0 radical (unpaired) electrons. The lowest BCUT2D eigenvalue weighted by Gasteiger charge is -2.32. The Morgan fingerprint density at radius 3 is 2.77 bits per heavy atom. The number of nitrogens with zero attached hydrogens (tertiary/aromatic N) is 1. The van der Waals surface area contributed by atoms with Crippen LogP contribution in [-0.4, -0.2) is 61.1 Å². The van der Waals surface area contributed by atoms with Crippen molar-refractivity contribution in [3.8, 4) is 11.5 Å². The van der Waals surface area contributed by atoms with Crippen molar-refractivity contribution in [2.75, 3.05) is 26.3 Å². The van der Waals surface area contributed by atoms with E-state index in [4.69, 9.17) is 15.2 Å². The van der Waals surface area contributed by atoms with Gasteiger partial charge >= 0.3 is 0 Å². The average molecular weight is 431 g/mol. The van der Waals surface area contributed by atoms with E-state index in [1.807, 2.05) is 18.2 Å². The normalized spacial score (nSPS) is 17.8. The highest BCUT2D eigenvalue weighted by atomic mass is 32.2. The van der Waals surface area contributed by atoms with Crippen LogP contribution in [0.15, 0.2) is 53.4 Å². The third kappa shape index (κ3) is 3.84. The Morgan fingerprint density at radius 1 is 1.27 bits per heavy atom. The molecule has 4 rings (SSSR count). The smallest absolute Gasteiger partial charge is 0.266 e. The van der Waals surface area contributed by atoms with Gasteiger partial charge in [-0.05, 0) is 24.3 Å². The summed E-state index contributed by atoms with van der Waals surface area (Å²) in [5, 5.41) is 9.96. The number of para-hydroxylation sites is 1. The molecule has 3 aromatic rings. The number of rotatable bonds is 6. The topological polar surface area (TPSA) is 135 Å². The van der Waals surface area contributed by atoms with Gasteiger partial charge in [0.2, 0.25) is 10.0 Å². The first-order chi connectivity index (χ1) is 14.4. The Balaban J connectivity index is 1.61. The van der Waals surface area contributed by atoms with Crippen LogP contribution in [0.25, 0.3) is 10.9 Å². The highest BCUT2D eigenvalue weighted by molar-refractivity contribution is 7.89. The molecule has 0 spiro atoms. The number of sulfonamides is 1. The number of fused-ring (bicyclic) bond motifs is 1. The second kappa shape index (κ2) is 7.98. The number of ether oxygens (including phenoxy) is 2. The largest absolute Gasteiger partial charge is 0.508 e. The maximum absolute atomic E-state index is 13.4. The van der Waals surface area contributed by atoms with Gasteiger partial charge in [0.1, 0.15) is 34.8 Å². The Labute approximate surface area is 173 Å². The molecule has 2 aromatic carbocycles. The molecule has 1 atom stereocenters. The summed E-state index contributed by atoms with van der Waals surface area (Å²) in [6.45, 7) is 0.572. The molecule has 1 unspecified atom stereocenters. The van der Waals surface area contributed by atoms with E-state index in [0.29, 0.717) is 11.3 Å². The number of hydrogen-bond donors (Lipinski definition) is 3. The molecule has 1 aliphatic rings. The van der Waals surface area contributed by atoms with Gasteiger partial charge in [0, 0.05) is 24.5 Å². The molecular weight excluding hydrogens is 410 g/mol. The standard InChI is InChI=1S/C20H21N3O6S/c21-20(25)18-19(16-7-6-13(24)10-17(16)22-18)30(26,27)23-8-9-28-15(11-23)12-29-14-4-2-1-3-5-14/h1-7,10,15,22,24H,8-9,11-12H2,(H2,21,25). The Kier molecular flexibility index (Phi) is 5.37. The van der Waals surface area contributed by atoms with Crippen molar-refractivity contribution < 1.29 is 27.8 Å². The van der Waals surface area contributed by atoms with E-state index < -0.39 is 22.0 Å². The molecule has 4 N–H and O–H groups in total. The van der Waals surface area contributed by atoms with Crippen LogP contribution < -0.4 is 10.5 Å². The lowest BCUT2D eigenvalue weighted by molar-refractivity contribution is -0.0249. The number of nitrogens with one attached hydrogen (secondary N) is 1. The first-order valence-corrected chi connectivity index (χ1v) is 10.7. The van der Waals surface area contributed by atoms with Crippen molar-refractivity contribution in [2.45, 2.75) is 11.0 Å². The van der Waals surface area contributed by atoms with Crippen LogP contribution in [0.1, 0.15) is 10.5 Å². The van der Waals surface area contributed by atoms with E-state index in [9.17, 15) is 18.3 Å². The predicted octanol–water partition coefficient (Wildman–Crippen LogP) is 1.44. The zero-order valence-electron chi connectivity index (χ0n) is 15.9. The van der Waals surface area contributed by atoms with Gasteiger partial charge in [-0.2, -0.15) is 4.31 Å². The number of benzene rings is 2. The number of aromatic nitrogens is 1. The zero-order chi connectivity index (χ0) is 21.3. The third-order valence-electron chi connectivity index (χ3n) is 4.86. The van der Waals surface area contributed by atoms with Crippen LogP contribution in [0, 0.1) is 0 Å². The van der Waals surface area contributed by atoms with Gasteiger partial charge in [-0.3, -0.25) is 4.79 Å². The molecule has 1 aliphatic heterocycles. The molecular formula is C20H21N3O6S. The summed E-state index contributed by atoms with van der Waals surface area (Å²) in [6.07, 6.45) is -0.472. The number of hydrogen-bond acceptors (Lipinski definition) is 6. The Morgan fingerprint density at radius 2 is 2.03 bits per heavy atom. The van der Waals surface area contributed by atoms with Crippen LogP contribution >= 0.6 is 0 Å². The highest BCUT2D eigenvalue weighted by Gasteiger charge is 2.36. The minimum Gasteiger partial charge on any atom is -0.508 e. The van der Waals surface area contributed by atoms with E-state index in [0.717, 1.165) is 0 Å². The van der Waals surface area contributed by atoms with Gasteiger partial charge in [0.05, 0.1) is 12.1 Å². The molecule has 0 saturated carbocycles. The Bertz CT molecular complexity index is 1180. The maximum Gasteiger partial charge on any atom is 0.266 e. The lowest BCUT2D eigenvalue weighted by atomic mass is 10.2. The number of nitrogens with two attached hydrogens (primary N) is 1. The molecule has 1 amide bonds. The number of amides is 1. The fraction of sp³-hybridized carbons (Fsp3) is 0.250.